The molecule has 0 aromatic heterocycles. The van der Waals surface area contributed by atoms with Crippen molar-refractivity contribution in [3.05, 3.63) is 64.7 Å². The molecule has 2 heteroatoms. The van der Waals surface area contributed by atoms with Crippen molar-refractivity contribution in [1.29, 1.82) is 0 Å². The lowest BCUT2D eigenvalue weighted by Gasteiger charge is -2.15. The fourth-order valence-electron chi connectivity index (χ4n) is 2.27. The van der Waals surface area contributed by atoms with E-state index >= 15 is 0 Å². The van der Waals surface area contributed by atoms with Gasteiger partial charge in [-0.05, 0) is 49.9 Å². The predicted octanol–water partition coefficient (Wildman–Crippen LogP) is 5.22. The minimum absolute atomic E-state index is 0.0696. The molecule has 0 aliphatic carbocycles. The lowest BCUT2D eigenvalue weighted by Crippen LogP contribution is -2.01. The van der Waals surface area contributed by atoms with E-state index in [9.17, 15) is 0 Å². The molecule has 106 valence electrons. The third-order valence-corrected chi connectivity index (χ3v) is 3.93. The molecule has 0 aliphatic heterocycles. The zero-order chi connectivity index (χ0) is 14.5. The minimum atomic E-state index is -0.0696. The Labute approximate surface area is 126 Å². The van der Waals surface area contributed by atoms with E-state index in [1.807, 2.05) is 31.2 Å². The van der Waals surface area contributed by atoms with Crippen LogP contribution in [-0.2, 0) is 6.42 Å². The summed E-state index contributed by atoms with van der Waals surface area (Å²) in [6.07, 6.45) is 0.812. The van der Waals surface area contributed by atoms with Crippen LogP contribution in [0.3, 0.4) is 0 Å². The van der Waals surface area contributed by atoms with Gasteiger partial charge < -0.3 is 4.74 Å². The summed E-state index contributed by atoms with van der Waals surface area (Å²) < 4.78 is 5.65. The number of para-hydroxylation sites is 1. The van der Waals surface area contributed by atoms with Crippen molar-refractivity contribution < 1.29 is 4.74 Å². The van der Waals surface area contributed by atoms with Crippen LogP contribution < -0.4 is 4.74 Å². The molecule has 0 saturated heterocycles. The van der Waals surface area contributed by atoms with Crippen molar-refractivity contribution in [3.63, 3.8) is 0 Å². The van der Waals surface area contributed by atoms with Crippen molar-refractivity contribution in [1.82, 2.24) is 0 Å². The lowest BCUT2D eigenvalue weighted by molar-refractivity contribution is 0.336. The van der Waals surface area contributed by atoms with Gasteiger partial charge in [-0.2, -0.15) is 0 Å². The molecule has 0 N–H and O–H groups in total. The van der Waals surface area contributed by atoms with Gasteiger partial charge in [-0.3, -0.25) is 0 Å². The van der Waals surface area contributed by atoms with Crippen LogP contribution in [0.2, 0.25) is 0 Å². The molecular formula is C18H21ClO. The number of hydrogen-bond donors (Lipinski definition) is 0. The zero-order valence-electron chi connectivity index (χ0n) is 12.3. The van der Waals surface area contributed by atoms with E-state index in [-0.39, 0.29) is 5.38 Å². The molecule has 1 nitrogen and oxygen atoms in total. The predicted molar refractivity (Wildman–Crippen MR) is 85.8 cm³/mol. The van der Waals surface area contributed by atoms with Crippen LogP contribution in [0.15, 0.2) is 42.5 Å². The first kappa shape index (κ1) is 14.9. The highest BCUT2D eigenvalue weighted by atomic mass is 35.5. The van der Waals surface area contributed by atoms with E-state index in [0.29, 0.717) is 6.61 Å². The zero-order valence-corrected chi connectivity index (χ0v) is 13.1. The molecule has 1 unspecified atom stereocenters. The molecule has 0 heterocycles. The maximum atomic E-state index is 6.59. The molecule has 0 fully saturated rings. The van der Waals surface area contributed by atoms with Crippen molar-refractivity contribution >= 4 is 11.6 Å². The second-order valence-corrected chi connectivity index (χ2v) is 5.59. The Kier molecular flexibility index (Phi) is 5.08. The van der Waals surface area contributed by atoms with Crippen LogP contribution >= 0.6 is 11.6 Å². The van der Waals surface area contributed by atoms with E-state index in [0.717, 1.165) is 17.7 Å². The topological polar surface area (TPSA) is 9.23 Å². The van der Waals surface area contributed by atoms with Gasteiger partial charge in [-0.25, -0.2) is 0 Å². The molecular weight excluding hydrogens is 268 g/mol. The second-order valence-electron chi connectivity index (χ2n) is 5.06. The third-order valence-electron chi connectivity index (χ3n) is 3.54. The fourth-order valence-corrected chi connectivity index (χ4v) is 2.63. The van der Waals surface area contributed by atoms with Gasteiger partial charge in [-0.1, -0.05) is 36.4 Å². The van der Waals surface area contributed by atoms with Gasteiger partial charge in [0.25, 0.3) is 0 Å². The first-order valence-corrected chi connectivity index (χ1v) is 7.47. The molecule has 0 bridgehead atoms. The van der Waals surface area contributed by atoms with Crippen molar-refractivity contribution in [2.24, 2.45) is 0 Å². The highest BCUT2D eigenvalue weighted by molar-refractivity contribution is 6.21. The number of hydrogen-bond acceptors (Lipinski definition) is 1. The first-order valence-electron chi connectivity index (χ1n) is 7.03. The fraction of sp³-hybridized carbons (Fsp3) is 0.333. The molecule has 2 rings (SSSR count). The summed E-state index contributed by atoms with van der Waals surface area (Å²) in [6, 6.07) is 14.5. The Morgan fingerprint density at radius 2 is 1.80 bits per heavy atom. The average molecular weight is 289 g/mol. The highest BCUT2D eigenvalue weighted by Gasteiger charge is 2.14. The smallest absolute Gasteiger partial charge is 0.123 e. The van der Waals surface area contributed by atoms with Crippen LogP contribution in [0.5, 0.6) is 5.75 Å². The van der Waals surface area contributed by atoms with Crippen LogP contribution in [0.4, 0.5) is 0 Å². The Morgan fingerprint density at radius 1 is 1.05 bits per heavy atom. The Balaban J connectivity index is 2.19. The van der Waals surface area contributed by atoms with E-state index in [1.165, 1.54) is 16.7 Å². The van der Waals surface area contributed by atoms with E-state index in [4.69, 9.17) is 16.3 Å². The number of halogens is 1. The number of ether oxygens (including phenoxy) is 1. The van der Waals surface area contributed by atoms with Crippen LogP contribution in [0, 0.1) is 13.8 Å². The lowest BCUT2D eigenvalue weighted by atomic mass is 10.00. The van der Waals surface area contributed by atoms with Crippen LogP contribution in [0.1, 0.15) is 34.6 Å². The van der Waals surface area contributed by atoms with E-state index < -0.39 is 0 Å². The summed E-state index contributed by atoms with van der Waals surface area (Å²) in [5, 5.41) is -0.0696. The standard InChI is InChI=1S/C18H21ClO/c1-4-20-18-8-6-5-7-16(18)17(19)12-15-10-9-13(2)14(3)11-15/h5-11,17H,4,12H2,1-3H3. The van der Waals surface area contributed by atoms with Gasteiger partial charge in [0.1, 0.15) is 5.75 Å². The normalized spacial score (nSPS) is 12.2. The highest BCUT2D eigenvalue weighted by Crippen LogP contribution is 2.32. The SMILES string of the molecule is CCOc1ccccc1C(Cl)Cc1ccc(C)c(C)c1. The summed E-state index contributed by atoms with van der Waals surface area (Å²) in [5.41, 5.74) is 4.95. The number of alkyl halides is 1. The van der Waals surface area contributed by atoms with Crippen LogP contribution in [0.25, 0.3) is 0 Å². The number of aryl methyl sites for hydroxylation is 2. The van der Waals surface area contributed by atoms with E-state index in [1.54, 1.807) is 0 Å². The van der Waals surface area contributed by atoms with Crippen molar-refractivity contribution in [2.45, 2.75) is 32.6 Å². The average Bonchev–Trinajstić information content (AvgIpc) is 2.44. The van der Waals surface area contributed by atoms with Crippen LogP contribution in [-0.4, -0.2) is 6.61 Å². The molecule has 0 radical (unpaired) electrons. The maximum Gasteiger partial charge on any atom is 0.123 e. The van der Waals surface area contributed by atoms with Gasteiger partial charge >= 0.3 is 0 Å². The van der Waals surface area contributed by atoms with Gasteiger partial charge in [0.05, 0.1) is 12.0 Å². The summed E-state index contributed by atoms with van der Waals surface area (Å²) in [4.78, 5) is 0. The summed E-state index contributed by atoms with van der Waals surface area (Å²) in [7, 11) is 0. The minimum Gasteiger partial charge on any atom is -0.494 e. The third kappa shape index (κ3) is 3.55. The van der Waals surface area contributed by atoms with Crippen molar-refractivity contribution in [2.75, 3.05) is 6.61 Å². The van der Waals surface area contributed by atoms with Crippen molar-refractivity contribution in [3.8, 4) is 5.75 Å². The van der Waals surface area contributed by atoms with Gasteiger partial charge in [0.15, 0.2) is 0 Å². The second kappa shape index (κ2) is 6.81. The molecule has 0 spiro atoms. The summed E-state index contributed by atoms with van der Waals surface area (Å²) in [5.74, 6) is 0.888. The number of rotatable bonds is 5. The maximum absolute atomic E-state index is 6.59. The van der Waals surface area contributed by atoms with E-state index in [2.05, 4.69) is 32.0 Å². The monoisotopic (exact) mass is 288 g/mol. The summed E-state index contributed by atoms with van der Waals surface area (Å²) in [6.45, 7) is 6.91. The largest absolute Gasteiger partial charge is 0.494 e. The molecule has 2 aromatic rings. The molecule has 0 amide bonds. The molecule has 0 saturated carbocycles. The van der Waals surface area contributed by atoms with Gasteiger partial charge in [0.2, 0.25) is 0 Å². The molecule has 0 aliphatic rings. The molecule has 1 atom stereocenters. The first-order chi connectivity index (χ1) is 9.61. The quantitative estimate of drug-likeness (QED) is 0.685. The summed E-state index contributed by atoms with van der Waals surface area (Å²) >= 11 is 6.59. The Hall–Kier alpha value is -1.47. The van der Waals surface area contributed by atoms with Gasteiger partial charge in [0, 0.05) is 5.56 Å². The van der Waals surface area contributed by atoms with Gasteiger partial charge in [-0.15, -0.1) is 11.6 Å². The Bertz CT molecular complexity index is 577. The Morgan fingerprint density at radius 3 is 2.50 bits per heavy atom. The molecule has 20 heavy (non-hydrogen) atoms. The molecule has 2 aromatic carbocycles. The number of benzene rings is 2.